The third kappa shape index (κ3) is 6.39. The number of hydrogen-bond donors (Lipinski definition) is 0. The Hall–Kier alpha value is -5.09. The van der Waals surface area contributed by atoms with Gasteiger partial charge in [0, 0.05) is 6.20 Å². The molecule has 2 aliphatic heterocycles. The van der Waals surface area contributed by atoms with E-state index < -0.39 is 60.6 Å². The molecule has 208 valence electrons. The van der Waals surface area contributed by atoms with Gasteiger partial charge in [-0.25, -0.2) is 14.4 Å². The summed E-state index contributed by atoms with van der Waals surface area (Å²) in [6.45, 7) is -0.388. The number of nitrogens with zero attached hydrogens (tertiary/aromatic N) is 1. The van der Waals surface area contributed by atoms with Gasteiger partial charge in [0.2, 0.25) is 5.91 Å². The van der Waals surface area contributed by atoms with Gasteiger partial charge < -0.3 is 18.9 Å². The Kier molecular flexibility index (Phi) is 8.31. The zero-order valence-corrected chi connectivity index (χ0v) is 21.7. The Morgan fingerprint density at radius 1 is 0.707 bits per heavy atom. The van der Waals surface area contributed by atoms with E-state index in [0.29, 0.717) is 5.56 Å². The first-order valence-corrected chi connectivity index (χ1v) is 12.8. The minimum atomic E-state index is -1.34. The summed E-state index contributed by atoms with van der Waals surface area (Å²) in [5.41, 5.74) is 0.734. The van der Waals surface area contributed by atoms with Gasteiger partial charge in [-0.3, -0.25) is 14.5 Å². The Morgan fingerprint density at radius 2 is 1.20 bits per heavy atom. The van der Waals surface area contributed by atoms with E-state index in [4.69, 9.17) is 18.9 Å². The third-order valence-corrected chi connectivity index (χ3v) is 6.49. The van der Waals surface area contributed by atoms with Crippen molar-refractivity contribution >= 4 is 29.6 Å². The van der Waals surface area contributed by atoms with E-state index in [1.54, 1.807) is 91.0 Å². The van der Waals surface area contributed by atoms with Gasteiger partial charge in [-0.05, 0) is 42.5 Å². The van der Waals surface area contributed by atoms with Crippen molar-refractivity contribution in [3.05, 3.63) is 120 Å². The number of ether oxygens (including phenoxy) is 4. The second-order valence-corrected chi connectivity index (χ2v) is 9.26. The predicted molar refractivity (Wildman–Crippen MR) is 142 cm³/mol. The van der Waals surface area contributed by atoms with Gasteiger partial charge in [-0.2, -0.15) is 0 Å². The molecule has 1 fully saturated rings. The Morgan fingerprint density at radius 3 is 1.71 bits per heavy atom. The highest BCUT2D eigenvalue weighted by atomic mass is 16.7. The van der Waals surface area contributed by atoms with Crippen LogP contribution in [0.15, 0.2) is 103 Å². The van der Waals surface area contributed by atoms with E-state index >= 15 is 0 Å². The lowest BCUT2D eigenvalue weighted by Crippen LogP contribution is -2.49. The molecule has 4 atom stereocenters. The molecule has 2 aliphatic rings. The number of ketones is 1. The van der Waals surface area contributed by atoms with Crippen molar-refractivity contribution < 1.29 is 42.9 Å². The first-order valence-electron chi connectivity index (χ1n) is 12.8. The number of hydrogen-bond acceptors (Lipinski definition) is 9. The Labute approximate surface area is 235 Å². The van der Waals surface area contributed by atoms with Gasteiger partial charge in [0.25, 0.3) is 0 Å². The van der Waals surface area contributed by atoms with Gasteiger partial charge >= 0.3 is 17.9 Å². The van der Waals surface area contributed by atoms with Crippen LogP contribution in [-0.4, -0.2) is 65.6 Å². The second-order valence-electron chi connectivity index (χ2n) is 9.26. The standard InChI is InChI=1S/C31H25NO9/c33-23-16-17-32(25(34)18-23)28-27(41-31(37)22-14-8-3-9-15-22)26(40-30(36)21-12-6-2-7-13-21)24(39-28)19-38-29(35)20-10-4-1-5-11-20/h1-17,24,26-28H,18-19H2. The van der Waals surface area contributed by atoms with Crippen LogP contribution < -0.4 is 0 Å². The molecule has 10 nitrogen and oxygen atoms in total. The molecule has 5 rings (SSSR count). The maximum absolute atomic E-state index is 13.1. The van der Waals surface area contributed by atoms with Crippen LogP contribution in [0.2, 0.25) is 0 Å². The van der Waals surface area contributed by atoms with Crippen molar-refractivity contribution in [1.82, 2.24) is 4.90 Å². The first kappa shape index (κ1) is 27.5. The van der Waals surface area contributed by atoms with Gasteiger partial charge in [0.15, 0.2) is 24.2 Å². The lowest BCUT2D eigenvalue weighted by atomic mass is 10.1. The van der Waals surface area contributed by atoms with Crippen LogP contribution in [0, 0.1) is 0 Å². The molecule has 3 aromatic carbocycles. The molecule has 0 spiro atoms. The molecule has 0 radical (unpaired) electrons. The largest absolute Gasteiger partial charge is 0.459 e. The number of carbonyl (C=O) groups excluding carboxylic acids is 5. The molecule has 1 amide bonds. The van der Waals surface area contributed by atoms with Gasteiger partial charge in [-0.1, -0.05) is 54.6 Å². The molecular weight excluding hydrogens is 530 g/mol. The number of rotatable bonds is 8. The van der Waals surface area contributed by atoms with Crippen LogP contribution in [0.1, 0.15) is 37.5 Å². The fraction of sp³-hybridized carbons (Fsp3) is 0.194. The zero-order chi connectivity index (χ0) is 28.8. The smallest absolute Gasteiger partial charge is 0.338 e. The van der Waals surface area contributed by atoms with Crippen molar-refractivity contribution in [2.75, 3.05) is 6.61 Å². The van der Waals surface area contributed by atoms with E-state index in [1.807, 2.05) is 0 Å². The number of carbonyl (C=O) groups is 5. The van der Waals surface area contributed by atoms with Gasteiger partial charge in [0.1, 0.15) is 12.7 Å². The van der Waals surface area contributed by atoms with Crippen molar-refractivity contribution in [2.45, 2.75) is 31.0 Å². The zero-order valence-electron chi connectivity index (χ0n) is 21.7. The molecule has 0 aliphatic carbocycles. The van der Waals surface area contributed by atoms with E-state index in [-0.39, 0.29) is 17.7 Å². The first-order chi connectivity index (χ1) is 19.9. The van der Waals surface area contributed by atoms with Crippen LogP contribution in [0.5, 0.6) is 0 Å². The summed E-state index contributed by atoms with van der Waals surface area (Å²) >= 11 is 0. The number of amides is 1. The van der Waals surface area contributed by atoms with Crippen LogP contribution in [-0.2, 0) is 28.5 Å². The quantitative estimate of drug-likeness (QED) is 0.234. The predicted octanol–water partition coefficient (Wildman–Crippen LogP) is 3.33. The maximum atomic E-state index is 13.1. The average molecular weight is 556 g/mol. The van der Waals surface area contributed by atoms with E-state index in [2.05, 4.69) is 0 Å². The summed E-state index contributed by atoms with van der Waals surface area (Å²) in [6.07, 6.45) is -3.02. The molecule has 0 aromatic heterocycles. The van der Waals surface area contributed by atoms with Crippen molar-refractivity contribution in [3.8, 4) is 0 Å². The summed E-state index contributed by atoms with van der Waals surface area (Å²) in [4.78, 5) is 64.8. The van der Waals surface area contributed by atoms with Crippen molar-refractivity contribution in [2.24, 2.45) is 0 Å². The molecule has 0 bridgehead atoms. The molecule has 1 saturated heterocycles. The molecule has 2 heterocycles. The van der Waals surface area contributed by atoms with Crippen LogP contribution in [0.25, 0.3) is 0 Å². The van der Waals surface area contributed by atoms with Crippen LogP contribution in [0.4, 0.5) is 0 Å². The van der Waals surface area contributed by atoms with Gasteiger partial charge in [0.05, 0.1) is 23.1 Å². The number of benzene rings is 3. The van der Waals surface area contributed by atoms with Gasteiger partial charge in [-0.15, -0.1) is 0 Å². The lowest BCUT2D eigenvalue weighted by Gasteiger charge is -2.31. The molecule has 10 heteroatoms. The van der Waals surface area contributed by atoms with E-state index in [1.165, 1.54) is 12.3 Å². The molecule has 41 heavy (non-hydrogen) atoms. The minimum Gasteiger partial charge on any atom is -0.459 e. The van der Waals surface area contributed by atoms with Crippen molar-refractivity contribution in [3.63, 3.8) is 0 Å². The minimum absolute atomic E-state index is 0.217. The third-order valence-electron chi connectivity index (χ3n) is 6.49. The topological polar surface area (TPSA) is 126 Å². The van der Waals surface area contributed by atoms with E-state index in [0.717, 1.165) is 4.90 Å². The maximum Gasteiger partial charge on any atom is 0.338 e. The lowest BCUT2D eigenvalue weighted by molar-refractivity contribution is -0.149. The summed E-state index contributed by atoms with van der Waals surface area (Å²) in [7, 11) is 0. The SMILES string of the molecule is O=C1C=CN(C2OC(COC(=O)c3ccccc3)C(OC(=O)c3ccccc3)C2OC(=O)c2ccccc2)C(=O)C1. The Bertz CT molecular complexity index is 1460. The molecule has 0 saturated carbocycles. The molecule has 0 N–H and O–H groups in total. The number of esters is 3. The molecule has 4 unspecified atom stereocenters. The fourth-order valence-corrected chi connectivity index (χ4v) is 4.45. The second kappa shape index (κ2) is 12.4. The molecular formula is C31H25NO9. The Balaban J connectivity index is 1.47. The highest BCUT2D eigenvalue weighted by molar-refractivity contribution is 6.06. The number of allylic oxidation sites excluding steroid dienone is 1. The fourth-order valence-electron chi connectivity index (χ4n) is 4.45. The van der Waals surface area contributed by atoms with E-state index in [9.17, 15) is 24.0 Å². The highest BCUT2D eigenvalue weighted by Crippen LogP contribution is 2.32. The summed E-state index contributed by atoms with van der Waals surface area (Å²) in [6, 6.07) is 24.5. The monoisotopic (exact) mass is 555 g/mol. The highest BCUT2D eigenvalue weighted by Gasteiger charge is 2.53. The summed E-state index contributed by atoms with van der Waals surface area (Å²) in [5, 5.41) is 0. The van der Waals surface area contributed by atoms with Crippen molar-refractivity contribution in [1.29, 1.82) is 0 Å². The van der Waals surface area contributed by atoms with Crippen LogP contribution >= 0.6 is 0 Å². The van der Waals surface area contributed by atoms with Crippen LogP contribution in [0.3, 0.4) is 0 Å². The average Bonchev–Trinajstić information content (AvgIpc) is 3.33. The molecule has 3 aromatic rings. The summed E-state index contributed by atoms with van der Waals surface area (Å²) < 4.78 is 23.2. The normalized spacial score (nSPS) is 21.8. The summed E-state index contributed by atoms with van der Waals surface area (Å²) in [5.74, 6) is -3.14.